The number of ether oxygens (including phenoxy) is 1. The molecule has 18 heavy (non-hydrogen) atoms. The van der Waals surface area contributed by atoms with Crippen LogP contribution in [0.2, 0.25) is 0 Å². The Hall–Kier alpha value is -1.40. The number of hydrogen-bond acceptors (Lipinski definition) is 4. The summed E-state index contributed by atoms with van der Waals surface area (Å²) in [5.41, 5.74) is 5.86. The molecule has 0 radical (unpaired) electrons. The summed E-state index contributed by atoms with van der Waals surface area (Å²) in [6.07, 6.45) is 5.21. The Balaban J connectivity index is 2.56. The second-order valence-electron chi connectivity index (χ2n) is 4.20. The van der Waals surface area contributed by atoms with E-state index in [1.54, 1.807) is 24.2 Å². The van der Waals surface area contributed by atoms with Gasteiger partial charge >= 0.3 is 0 Å². The van der Waals surface area contributed by atoms with Crippen molar-refractivity contribution >= 4 is 5.91 Å². The molecule has 0 aliphatic rings. The zero-order valence-electron chi connectivity index (χ0n) is 11.1. The molecule has 3 N–H and O–H groups in total. The molecule has 0 aromatic carbocycles. The molecular weight excluding hydrogens is 232 g/mol. The topological polar surface area (TPSA) is 82.2 Å². The SMILES string of the molecule is CCCC(COC)NC(=O)c1cn(CCN)cn1. The third-order valence-corrected chi connectivity index (χ3v) is 2.59. The zero-order chi connectivity index (χ0) is 13.4. The van der Waals surface area contributed by atoms with Crippen molar-refractivity contribution in [2.75, 3.05) is 20.3 Å². The Bertz CT molecular complexity index is 359. The molecule has 0 saturated carbocycles. The Morgan fingerprint density at radius 3 is 3.06 bits per heavy atom. The normalized spacial score (nSPS) is 12.4. The van der Waals surface area contributed by atoms with Crippen molar-refractivity contribution in [2.45, 2.75) is 32.4 Å². The molecule has 0 bridgehead atoms. The van der Waals surface area contributed by atoms with Crippen LogP contribution in [0.15, 0.2) is 12.5 Å². The number of nitrogens with zero attached hydrogens (tertiary/aromatic N) is 2. The van der Waals surface area contributed by atoms with E-state index < -0.39 is 0 Å². The zero-order valence-corrected chi connectivity index (χ0v) is 11.1. The van der Waals surface area contributed by atoms with Crippen molar-refractivity contribution in [2.24, 2.45) is 5.73 Å². The number of aromatic nitrogens is 2. The van der Waals surface area contributed by atoms with Gasteiger partial charge in [-0.2, -0.15) is 0 Å². The maximum absolute atomic E-state index is 11.9. The summed E-state index contributed by atoms with van der Waals surface area (Å²) < 4.78 is 6.89. The monoisotopic (exact) mass is 254 g/mol. The van der Waals surface area contributed by atoms with Gasteiger partial charge in [-0.05, 0) is 6.42 Å². The molecule has 1 aromatic heterocycles. The van der Waals surface area contributed by atoms with Gasteiger partial charge in [-0.15, -0.1) is 0 Å². The Morgan fingerprint density at radius 1 is 1.67 bits per heavy atom. The van der Waals surface area contributed by atoms with E-state index in [4.69, 9.17) is 10.5 Å². The number of amides is 1. The number of carbonyl (C=O) groups excluding carboxylic acids is 1. The van der Waals surface area contributed by atoms with Crippen molar-refractivity contribution in [3.63, 3.8) is 0 Å². The number of hydrogen-bond donors (Lipinski definition) is 2. The van der Waals surface area contributed by atoms with Gasteiger partial charge in [0.05, 0.1) is 19.0 Å². The molecule has 0 spiro atoms. The fraction of sp³-hybridized carbons (Fsp3) is 0.667. The number of rotatable bonds is 8. The lowest BCUT2D eigenvalue weighted by atomic mass is 10.2. The first-order valence-electron chi connectivity index (χ1n) is 6.22. The van der Waals surface area contributed by atoms with Gasteiger partial charge in [-0.3, -0.25) is 4.79 Å². The van der Waals surface area contributed by atoms with E-state index in [-0.39, 0.29) is 11.9 Å². The lowest BCUT2D eigenvalue weighted by Gasteiger charge is -2.16. The van der Waals surface area contributed by atoms with E-state index in [9.17, 15) is 4.79 Å². The Morgan fingerprint density at radius 2 is 2.44 bits per heavy atom. The van der Waals surface area contributed by atoms with E-state index in [0.717, 1.165) is 12.8 Å². The largest absolute Gasteiger partial charge is 0.383 e. The average molecular weight is 254 g/mol. The van der Waals surface area contributed by atoms with Gasteiger partial charge in [0.15, 0.2) is 0 Å². The van der Waals surface area contributed by atoms with Gasteiger partial charge in [0.2, 0.25) is 0 Å². The van der Waals surface area contributed by atoms with Crippen LogP contribution in [0.25, 0.3) is 0 Å². The predicted octanol–water partition coefficient (Wildman–Crippen LogP) is 0.387. The maximum atomic E-state index is 11.9. The van der Waals surface area contributed by atoms with E-state index in [2.05, 4.69) is 17.2 Å². The number of nitrogens with one attached hydrogen (secondary N) is 1. The molecule has 1 atom stereocenters. The Labute approximate surface area is 108 Å². The Kier molecular flexibility index (Phi) is 6.38. The van der Waals surface area contributed by atoms with E-state index >= 15 is 0 Å². The van der Waals surface area contributed by atoms with Crippen LogP contribution in [0, 0.1) is 0 Å². The average Bonchev–Trinajstić information content (AvgIpc) is 2.79. The summed E-state index contributed by atoms with van der Waals surface area (Å²) in [7, 11) is 1.63. The van der Waals surface area contributed by atoms with Gasteiger partial charge in [-0.25, -0.2) is 4.98 Å². The van der Waals surface area contributed by atoms with Crippen molar-refractivity contribution in [3.05, 3.63) is 18.2 Å². The molecule has 6 nitrogen and oxygen atoms in total. The highest BCUT2D eigenvalue weighted by Crippen LogP contribution is 2.01. The number of carbonyl (C=O) groups is 1. The second kappa shape index (κ2) is 7.84. The molecular formula is C12H22N4O2. The summed E-state index contributed by atoms with van der Waals surface area (Å²) in [5, 5.41) is 2.92. The third-order valence-electron chi connectivity index (χ3n) is 2.59. The fourth-order valence-electron chi connectivity index (χ4n) is 1.75. The van der Waals surface area contributed by atoms with Gasteiger partial charge in [-0.1, -0.05) is 13.3 Å². The highest BCUT2D eigenvalue weighted by molar-refractivity contribution is 5.92. The van der Waals surface area contributed by atoms with Crippen molar-refractivity contribution < 1.29 is 9.53 Å². The minimum atomic E-state index is -0.165. The molecule has 1 rings (SSSR count). The maximum Gasteiger partial charge on any atom is 0.271 e. The first-order chi connectivity index (χ1) is 8.71. The van der Waals surface area contributed by atoms with Crippen molar-refractivity contribution in [1.82, 2.24) is 14.9 Å². The molecule has 0 saturated heterocycles. The van der Waals surface area contributed by atoms with E-state index in [1.165, 1.54) is 0 Å². The second-order valence-corrected chi connectivity index (χ2v) is 4.20. The molecule has 1 heterocycles. The van der Waals surface area contributed by atoms with Gasteiger partial charge < -0.3 is 20.4 Å². The number of methoxy groups -OCH3 is 1. The fourth-order valence-corrected chi connectivity index (χ4v) is 1.75. The summed E-state index contributed by atoms with van der Waals surface area (Å²) in [4.78, 5) is 16.0. The summed E-state index contributed by atoms with van der Waals surface area (Å²) in [5.74, 6) is -0.165. The standard InChI is InChI=1S/C12H22N4O2/c1-3-4-10(8-18-2)15-12(17)11-7-16(6-5-13)9-14-11/h7,9-10H,3-6,8,13H2,1-2H3,(H,15,17). The minimum Gasteiger partial charge on any atom is -0.383 e. The highest BCUT2D eigenvalue weighted by Gasteiger charge is 2.14. The van der Waals surface area contributed by atoms with Crippen molar-refractivity contribution in [1.29, 1.82) is 0 Å². The molecule has 1 amide bonds. The van der Waals surface area contributed by atoms with E-state index in [0.29, 0.717) is 25.4 Å². The molecule has 6 heteroatoms. The minimum absolute atomic E-state index is 0.0344. The first-order valence-corrected chi connectivity index (χ1v) is 6.22. The number of nitrogens with two attached hydrogens (primary N) is 1. The number of imidazole rings is 1. The van der Waals surface area contributed by atoms with Crippen LogP contribution in [0.5, 0.6) is 0 Å². The molecule has 1 aromatic rings. The lowest BCUT2D eigenvalue weighted by Crippen LogP contribution is -2.38. The van der Waals surface area contributed by atoms with Crippen LogP contribution in [0.4, 0.5) is 0 Å². The summed E-state index contributed by atoms with van der Waals surface area (Å²) in [6.45, 7) is 3.78. The molecule has 0 fully saturated rings. The highest BCUT2D eigenvalue weighted by atomic mass is 16.5. The smallest absolute Gasteiger partial charge is 0.271 e. The van der Waals surface area contributed by atoms with Crippen LogP contribution >= 0.6 is 0 Å². The summed E-state index contributed by atoms with van der Waals surface area (Å²) >= 11 is 0. The molecule has 0 aliphatic heterocycles. The first kappa shape index (κ1) is 14.7. The molecule has 102 valence electrons. The predicted molar refractivity (Wildman–Crippen MR) is 69.3 cm³/mol. The van der Waals surface area contributed by atoms with Crippen LogP contribution in [-0.2, 0) is 11.3 Å². The van der Waals surface area contributed by atoms with Crippen molar-refractivity contribution in [3.8, 4) is 0 Å². The third kappa shape index (κ3) is 4.46. The van der Waals surface area contributed by atoms with Gasteiger partial charge in [0.1, 0.15) is 5.69 Å². The van der Waals surface area contributed by atoms with Crippen LogP contribution in [0.3, 0.4) is 0 Å². The van der Waals surface area contributed by atoms with Crippen LogP contribution < -0.4 is 11.1 Å². The molecule has 0 aliphatic carbocycles. The van der Waals surface area contributed by atoms with Gasteiger partial charge in [0, 0.05) is 26.4 Å². The molecule has 1 unspecified atom stereocenters. The summed E-state index contributed by atoms with van der Waals surface area (Å²) in [6, 6.07) is 0.0344. The lowest BCUT2D eigenvalue weighted by molar-refractivity contribution is 0.0887. The van der Waals surface area contributed by atoms with Gasteiger partial charge in [0.25, 0.3) is 5.91 Å². The van der Waals surface area contributed by atoms with Crippen LogP contribution in [-0.4, -0.2) is 41.8 Å². The van der Waals surface area contributed by atoms with Crippen LogP contribution in [0.1, 0.15) is 30.3 Å². The van der Waals surface area contributed by atoms with E-state index in [1.807, 2.05) is 0 Å². The quantitative estimate of drug-likeness (QED) is 0.703.